The number of aromatic nitrogens is 2. The van der Waals surface area contributed by atoms with Gasteiger partial charge < -0.3 is 9.88 Å². The summed E-state index contributed by atoms with van der Waals surface area (Å²) in [6.07, 6.45) is 5.31. The monoisotopic (exact) mass is 326 g/mol. The van der Waals surface area contributed by atoms with Crippen LogP contribution in [0.2, 0.25) is 0 Å². The number of nitrogens with one attached hydrogen (secondary N) is 1. The third-order valence-corrected chi connectivity index (χ3v) is 4.59. The lowest BCUT2D eigenvalue weighted by Crippen LogP contribution is -2.48. The number of aryl methyl sites for hydroxylation is 1. The fourth-order valence-corrected chi connectivity index (χ4v) is 3.00. The van der Waals surface area contributed by atoms with Crippen LogP contribution in [0.4, 0.5) is 4.39 Å². The maximum atomic E-state index is 13.7. The summed E-state index contributed by atoms with van der Waals surface area (Å²) in [5.74, 6) is 0.347. The van der Waals surface area contributed by atoms with Crippen LogP contribution < -0.4 is 5.32 Å². The summed E-state index contributed by atoms with van der Waals surface area (Å²) in [5.41, 5.74) is -0.217. The number of nitriles is 1. The minimum Gasteiger partial charge on any atom is -0.351 e. The molecule has 124 valence electrons. The Morgan fingerprint density at radius 3 is 3.00 bits per heavy atom. The average Bonchev–Trinajstić information content (AvgIpc) is 3.01. The maximum Gasteiger partial charge on any atom is 0.230 e. The topological polar surface area (TPSA) is 70.7 Å². The van der Waals surface area contributed by atoms with E-state index < -0.39 is 11.2 Å². The van der Waals surface area contributed by atoms with Crippen LogP contribution in [0.3, 0.4) is 0 Å². The molecule has 1 amide bonds. The van der Waals surface area contributed by atoms with Crippen LogP contribution in [0.5, 0.6) is 0 Å². The molecule has 6 heteroatoms. The van der Waals surface area contributed by atoms with Gasteiger partial charge in [-0.15, -0.1) is 0 Å². The first kappa shape index (κ1) is 16.2. The third kappa shape index (κ3) is 3.02. The van der Waals surface area contributed by atoms with Gasteiger partial charge >= 0.3 is 0 Å². The van der Waals surface area contributed by atoms with Gasteiger partial charge in [-0.1, -0.05) is 0 Å². The highest BCUT2D eigenvalue weighted by Gasteiger charge is 2.33. The summed E-state index contributed by atoms with van der Waals surface area (Å²) in [7, 11) is 0. The molecule has 0 bridgehead atoms. The van der Waals surface area contributed by atoms with E-state index in [0.29, 0.717) is 12.1 Å². The number of rotatable bonds is 3. The van der Waals surface area contributed by atoms with Crippen molar-refractivity contribution >= 4 is 5.91 Å². The van der Waals surface area contributed by atoms with Gasteiger partial charge in [0.15, 0.2) is 0 Å². The Labute approximate surface area is 140 Å². The summed E-state index contributed by atoms with van der Waals surface area (Å²) < 4.78 is 15.7. The first-order valence-electron chi connectivity index (χ1n) is 7.92. The molecule has 0 spiro atoms. The highest BCUT2D eigenvalue weighted by Crippen LogP contribution is 2.26. The molecule has 2 aromatic rings. The molecule has 1 aliphatic rings. The van der Waals surface area contributed by atoms with Crippen LogP contribution in [0, 0.1) is 17.1 Å². The van der Waals surface area contributed by atoms with Gasteiger partial charge in [0.1, 0.15) is 11.6 Å². The third-order valence-electron chi connectivity index (χ3n) is 4.59. The number of fused-ring (bicyclic) bond motifs is 1. The van der Waals surface area contributed by atoms with Crippen molar-refractivity contribution < 1.29 is 9.18 Å². The molecule has 0 saturated heterocycles. The van der Waals surface area contributed by atoms with Crippen LogP contribution in [0.25, 0.3) is 0 Å². The molecule has 0 saturated carbocycles. The van der Waals surface area contributed by atoms with Gasteiger partial charge in [0.25, 0.3) is 0 Å². The molecule has 3 rings (SSSR count). The van der Waals surface area contributed by atoms with E-state index in [1.165, 1.54) is 12.1 Å². The predicted molar refractivity (Wildman–Crippen MR) is 86.6 cm³/mol. The van der Waals surface area contributed by atoms with Crippen molar-refractivity contribution in [1.29, 1.82) is 5.26 Å². The summed E-state index contributed by atoms with van der Waals surface area (Å²) in [6, 6.07) is 5.99. The molecule has 24 heavy (non-hydrogen) atoms. The van der Waals surface area contributed by atoms with E-state index in [9.17, 15) is 9.18 Å². The lowest BCUT2D eigenvalue weighted by atomic mass is 9.82. The van der Waals surface area contributed by atoms with Crippen LogP contribution in [0.15, 0.2) is 30.6 Å². The average molecular weight is 326 g/mol. The summed E-state index contributed by atoms with van der Waals surface area (Å²) in [4.78, 5) is 17.0. The van der Waals surface area contributed by atoms with Crippen LogP contribution in [0.1, 0.15) is 37.2 Å². The number of carbonyl (C=O) groups excluding carboxylic acids is 1. The molecular formula is C18H19FN4O. The number of imidazole rings is 1. The molecule has 5 nitrogen and oxygen atoms in total. The molecule has 0 radical (unpaired) electrons. The van der Waals surface area contributed by atoms with Crippen LogP contribution in [-0.2, 0) is 23.2 Å². The zero-order chi connectivity index (χ0) is 17.3. The van der Waals surface area contributed by atoms with Gasteiger partial charge in [-0.05, 0) is 44.0 Å². The van der Waals surface area contributed by atoms with Crippen molar-refractivity contribution in [3.63, 3.8) is 0 Å². The normalized spacial score (nSPS) is 17.0. The Bertz CT molecular complexity index is 819. The van der Waals surface area contributed by atoms with Crippen molar-refractivity contribution in [3.05, 3.63) is 53.4 Å². The van der Waals surface area contributed by atoms with Crippen molar-refractivity contribution in [2.75, 3.05) is 0 Å². The fraction of sp³-hybridized carbons (Fsp3) is 0.389. The number of halogens is 1. The lowest BCUT2D eigenvalue weighted by Gasteiger charge is -2.30. The zero-order valence-corrected chi connectivity index (χ0v) is 13.7. The van der Waals surface area contributed by atoms with Gasteiger partial charge in [0, 0.05) is 31.4 Å². The summed E-state index contributed by atoms with van der Waals surface area (Å²) in [6.45, 7) is 4.16. The Balaban J connectivity index is 1.77. The second kappa shape index (κ2) is 6.08. The Morgan fingerprint density at radius 1 is 1.46 bits per heavy atom. The van der Waals surface area contributed by atoms with Crippen LogP contribution >= 0.6 is 0 Å². The molecule has 1 aromatic heterocycles. The molecule has 2 heterocycles. The number of hydrogen-bond donors (Lipinski definition) is 1. The minimum atomic E-state index is -0.928. The Kier molecular flexibility index (Phi) is 4.10. The van der Waals surface area contributed by atoms with E-state index in [1.54, 1.807) is 26.1 Å². The number of hydrogen-bond acceptors (Lipinski definition) is 3. The zero-order valence-electron chi connectivity index (χ0n) is 13.7. The molecule has 1 N–H and O–H groups in total. The molecule has 0 fully saturated rings. The van der Waals surface area contributed by atoms with Crippen LogP contribution in [-0.4, -0.2) is 21.5 Å². The molecule has 0 unspecified atom stereocenters. The standard InChI is InChI=1S/C18H19FN4O/c1-18(2,13-7-12(10-20)8-14(19)9-13)17(24)22-15-3-4-16-21-5-6-23(16)11-15/h5-9,15H,3-4,11H2,1-2H3,(H,22,24)/t15-/m1/s1. The largest absolute Gasteiger partial charge is 0.351 e. The van der Waals surface area contributed by atoms with E-state index in [4.69, 9.17) is 5.26 Å². The molecular weight excluding hydrogens is 307 g/mol. The minimum absolute atomic E-state index is 0.0162. The molecule has 1 aliphatic heterocycles. The van der Waals surface area contributed by atoms with E-state index in [0.717, 1.165) is 18.7 Å². The van der Waals surface area contributed by atoms with E-state index in [-0.39, 0.29) is 17.5 Å². The molecule has 1 atom stereocenters. The number of nitrogens with zero attached hydrogens (tertiary/aromatic N) is 3. The van der Waals surface area contributed by atoms with Gasteiger partial charge in [-0.2, -0.15) is 5.26 Å². The second-order valence-electron chi connectivity index (χ2n) is 6.67. The smallest absolute Gasteiger partial charge is 0.230 e. The Morgan fingerprint density at radius 2 is 2.25 bits per heavy atom. The SMILES string of the molecule is CC(C)(C(=O)N[C@@H]1CCc2nccn2C1)c1cc(F)cc(C#N)c1. The van der Waals surface area contributed by atoms with Crippen molar-refractivity contribution in [1.82, 2.24) is 14.9 Å². The summed E-state index contributed by atoms with van der Waals surface area (Å²) >= 11 is 0. The summed E-state index contributed by atoms with van der Waals surface area (Å²) in [5, 5.41) is 12.1. The number of carbonyl (C=O) groups is 1. The first-order valence-corrected chi connectivity index (χ1v) is 7.92. The van der Waals surface area contributed by atoms with E-state index in [1.807, 2.05) is 16.8 Å². The highest BCUT2D eigenvalue weighted by molar-refractivity contribution is 5.87. The van der Waals surface area contributed by atoms with E-state index in [2.05, 4.69) is 10.3 Å². The van der Waals surface area contributed by atoms with Gasteiger partial charge in [0.2, 0.25) is 5.91 Å². The van der Waals surface area contributed by atoms with Gasteiger partial charge in [-0.3, -0.25) is 4.79 Å². The lowest BCUT2D eigenvalue weighted by molar-refractivity contribution is -0.126. The van der Waals surface area contributed by atoms with Gasteiger partial charge in [0.05, 0.1) is 17.0 Å². The first-order chi connectivity index (χ1) is 11.4. The predicted octanol–water partition coefficient (Wildman–Crippen LogP) is 2.30. The second-order valence-corrected chi connectivity index (χ2v) is 6.67. The number of benzene rings is 1. The molecule has 0 aliphatic carbocycles. The van der Waals surface area contributed by atoms with Crippen molar-refractivity contribution in [2.45, 2.75) is 44.7 Å². The number of amides is 1. The molecule has 1 aromatic carbocycles. The Hall–Kier alpha value is -2.68. The van der Waals surface area contributed by atoms with E-state index >= 15 is 0 Å². The maximum absolute atomic E-state index is 13.7. The van der Waals surface area contributed by atoms with Crippen molar-refractivity contribution in [2.24, 2.45) is 0 Å². The quantitative estimate of drug-likeness (QED) is 0.941. The van der Waals surface area contributed by atoms with Crippen molar-refractivity contribution in [3.8, 4) is 6.07 Å². The highest BCUT2D eigenvalue weighted by atomic mass is 19.1. The fourth-order valence-electron chi connectivity index (χ4n) is 3.00. The van der Waals surface area contributed by atoms with Gasteiger partial charge in [-0.25, -0.2) is 9.37 Å².